The van der Waals surface area contributed by atoms with E-state index >= 15 is 0 Å². The van der Waals surface area contributed by atoms with Gasteiger partial charge in [0.05, 0.1) is 31.9 Å². The first kappa shape index (κ1) is 17.9. The maximum Gasteiger partial charge on any atom is 0.207 e. The lowest BCUT2D eigenvalue weighted by Gasteiger charge is -2.33. The summed E-state index contributed by atoms with van der Waals surface area (Å²) >= 11 is 5.72. The molecule has 3 aromatic rings. The molecule has 2 heterocycles. The fourth-order valence-corrected chi connectivity index (χ4v) is 3.94. The number of hydrogen-bond donors (Lipinski definition) is 1. The van der Waals surface area contributed by atoms with Gasteiger partial charge in [0.1, 0.15) is 6.33 Å². The molecule has 0 radical (unpaired) electrons. The lowest BCUT2D eigenvalue weighted by atomic mass is 10.1. The third-order valence-electron chi connectivity index (χ3n) is 5.32. The molecule has 27 heavy (non-hydrogen) atoms. The second-order valence-electron chi connectivity index (χ2n) is 7.30. The number of aryl methyl sites for hydroxylation is 2. The molecule has 140 valence electrons. The zero-order valence-electron chi connectivity index (χ0n) is 15.9. The van der Waals surface area contributed by atoms with E-state index in [1.165, 1.54) is 21.7 Å². The van der Waals surface area contributed by atoms with E-state index in [0.29, 0.717) is 0 Å². The van der Waals surface area contributed by atoms with Gasteiger partial charge in [-0.05, 0) is 55.4 Å². The summed E-state index contributed by atoms with van der Waals surface area (Å²) in [6.07, 6.45) is 1.85. The van der Waals surface area contributed by atoms with Crippen molar-refractivity contribution in [2.45, 2.75) is 20.5 Å². The predicted molar refractivity (Wildman–Crippen MR) is 111 cm³/mol. The fraction of sp³-hybridized carbons (Fsp3) is 0.333. The lowest BCUT2D eigenvalue weighted by Crippen LogP contribution is -3.14. The van der Waals surface area contributed by atoms with Gasteiger partial charge in [0.15, 0.2) is 6.67 Å². The summed E-state index contributed by atoms with van der Waals surface area (Å²) in [5, 5.41) is 4.58. The van der Waals surface area contributed by atoms with Crippen LogP contribution in [0.5, 0.6) is 0 Å². The minimum absolute atomic E-state index is 0.765. The molecule has 0 amide bonds. The smallest absolute Gasteiger partial charge is 0.207 e. The molecule has 1 N–H and O–H groups in total. The van der Waals surface area contributed by atoms with E-state index in [2.05, 4.69) is 72.4 Å². The molecular formula is C21H26N5S+. The highest BCUT2D eigenvalue weighted by molar-refractivity contribution is 7.71. The fourth-order valence-electron chi connectivity index (χ4n) is 3.68. The van der Waals surface area contributed by atoms with E-state index in [1.807, 2.05) is 15.6 Å². The number of nitrogens with one attached hydrogen (secondary N) is 1. The van der Waals surface area contributed by atoms with E-state index in [4.69, 9.17) is 12.2 Å². The van der Waals surface area contributed by atoms with Crippen LogP contribution in [0.3, 0.4) is 0 Å². The topological polar surface area (TPSA) is 30.4 Å². The van der Waals surface area contributed by atoms with Crippen molar-refractivity contribution in [3.8, 4) is 5.69 Å². The molecule has 6 heteroatoms. The van der Waals surface area contributed by atoms with E-state index < -0.39 is 0 Å². The Labute approximate surface area is 165 Å². The molecule has 1 saturated heterocycles. The van der Waals surface area contributed by atoms with Crippen LogP contribution in [0.4, 0.5) is 5.69 Å². The Morgan fingerprint density at radius 2 is 1.78 bits per heavy atom. The maximum absolute atomic E-state index is 5.72. The van der Waals surface area contributed by atoms with Crippen LogP contribution in [0.2, 0.25) is 0 Å². The van der Waals surface area contributed by atoms with Crippen molar-refractivity contribution in [2.75, 3.05) is 31.1 Å². The van der Waals surface area contributed by atoms with Crippen LogP contribution in [0, 0.1) is 18.6 Å². The third-order valence-corrected chi connectivity index (χ3v) is 5.73. The molecule has 1 aliphatic heterocycles. The number of rotatable bonds is 4. The highest BCUT2D eigenvalue weighted by atomic mass is 32.1. The minimum atomic E-state index is 0.765. The van der Waals surface area contributed by atoms with Crippen molar-refractivity contribution in [3.05, 3.63) is 70.8 Å². The molecule has 2 aromatic carbocycles. The van der Waals surface area contributed by atoms with Crippen LogP contribution < -0.4 is 9.80 Å². The van der Waals surface area contributed by atoms with Crippen LogP contribution in [-0.2, 0) is 6.67 Å². The van der Waals surface area contributed by atoms with Gasteiger partial charge in [0.25, 0.3) is 0 Å². The minimum Gasteiger partial charge on any atom is -0.360 e. The number of para-hydroxylation sites is 1. The zero-order valence-corrected chi connectivity index (χ0v) is 16.7. The number of piperazine rings is 1. The lowest BCUT2D eigenvalue weighted by molar-refractivity contribution is -0.924. The highest BCUT2D eigenvalue weighted by Gasteiger charge is 2.21. The average Bonchev–Trinajstić information content (AvgIpc) is 3.05. The summed E-state index contributed by atoms with van der Waals surface area (Å²) in [5.41, 5.74) is 4.87. The first-order valence-corrected chi connectivity index (χ1v) is 9.88. The van der Waals surface area contributed by atoms with Crippen molar-refractivity contribution in [1.29, 1.82) is 0 Å². The van der Waals surface area contributed by atoms with Gasteiger partial charge in [-0.25, -0.2) is 0 Å². The van der Waals surface area contributed by atoms with E-state index in [0.717, 1.165) is 43.3 Å². The molecule has 0 bridgehead atoms. The summed E-state index contributed by atoms with van der Waals surface area (Å²) < 4.78 is 4.75. The Morgan fingerprint density at radius 3 is 2.52 bits per heavy atom. The van der Waals surface area contributed by atoms with Gasteiger partial charge in [-0.1, -0.05) is 30.3 Å². The van der Waals surface area contributed by atoms with Gasteiger partial charge < -0.3 is 9.80 Å². The largest absolute Gasteiger partial charge is 0.360 e. The molecule has 0 atom stereocenters. The summed E-state index contributed by atoms with van der Waals surface area (Å²) in [4.78, 5) is 3.97. The van der Waals surface area contributed by atoms with E-state index in [-0.39, 0.29) is 0 Å². The number of aromatic nitrogens is 3. The Morgan fingerprint density at radius 1 is 1.04 bits per heavy atom. The standard InChI is InChI=1S/C21H25N5S/c1-17-8-9-18(2)20(14-17)25-15-22-26(21(25)27)16-23-10-12-24(13-11-23)19-6-4-3-5-7-19/h3-9,14-15H,10-13,16H2,1-2H3/p+1. The first-order chi connectivity index (χ1) is 13.1. The normalized spacial score (nSPS) is 15.3. The summed E-state index contributed by atoms with van der Waals surface area (Å²) in [6, 6.07) is 17.1. The van der Waals surface area contributed by atoms with Crippen molar-refractivity contribution in [1.82, 2.24) is 14.3 Å². The monoisotopic (exact) mass is 380 g/mol. The van der Waals surface area contributed by atoms with Crippen LogP contribution in [0.25, 0.3) is 5.69 Å². The number of quaternary nitrogens is 1. The Bertz CT molecular complexity index is 968. The molecule has 0 spiro atoms. The van der Waals surface area contributed by atoms with Gasteiger partial charge in [0.2, 0.25) is 4.77 Å². The molecule has 5 nitrogen and oxygen atoms in total. The van der Waals surface area contributed by atoms with Crippen LogP contribution in [0.15, 0.2) is 54.9 Å². The Hall–Kier alpha value is -2.44. The van der Waals surface area contributed by atoms with Gasteiger partial charge in [-0.15, -0.1) is 0 Å². The molecule has 0 aliphatic carbocycles. The zero-order chi connectivity index (χ0) is 18.8. The number of benzene rings is 2. The van der Waals surface area contributed by atoms with Crippen molar-refractivity contribution >= 4 is 17.9 Å². The number of hydrogen-bond acceptors (Lipinski definition) is 3. The number of nitrogens with zero attached hydrogens (tertiary/aromatic N) is 4. The quantitative estimate of drug-likeness (QED) is 0.705. The predicted octanol–water partition coefficient (Wildman–Crippen LogP) is 2.38. The third kappa shape index (κ3) is 3.82. The molecule has 1 aliphatic rings. The Kier molecular flexibility index (Phi) is 5.09. The molecule has 4 rings (SSSR count). The molecule has 1 aromatic heterocycles. The van der Waals surface area contributed by atoms with Crippen molar-refractivity contribution in [3.63, 3.8) is 0 Å². The van der Waals surface area contributed by atoms with E-state index in [9.17, 15) is 0 Å². The maximum atomic E-state index is 5.72. The first-order valence-electron chi connectivity index (χ1n) is 9.47. The van der Waals surface area contributed by atoms with E-state index in [1.54, 1.807) is 0 Å². The van der Waals surface area contributed by atoms with Gasteiger partial charge in [-0.3, -0.25) is 4.57 Å². The molecular weight excluding hydrogens is 354 g/mol. The average molecular weight is 381 g/mol. The second-order valence-corrected chi connectivity index (χ2v) is 7.67. The van der Waals surface area contributed by atoms with Gasteiger partial charge in [-0.2, -0.15) is 9.78 Å². The number of anilines is 1. The van der Waals surface area contributed by atoms with Gasteiger partial charge in [0, 0.05) is 5.69 Å². The molecule has 1 fully saturated rings. The SMILES string of the molecule is Cc1ccc(C)c(-n2cnn(C[NH+]3CCN(c4ccccc4)CC3)c2=S)c1. The van der Waals surface area contributed by atoms with Crippen LogP contribution in [0.1, 0.15) is 11.1 Å². The van der Waals surface area contributed by atoms with Crippen LogP contribution >= 0.6 is 12.2 Å². The van der Waals surface area contributed by atoms with Crippen molar-refractivity contribution in [2.24, 2.45) is 0 Å². The highest BCUT2D eigenvalue weighted by Crippen LogP contribution is 2.16. The summed E-state index contributed by atoms with van der Waals surface area (Å²) in [5.74, 6) is 0. The van der Waals surface area contributed by atoms with Crippen molar-refractivity contribution < 1.29 is 4.90 Å². The summed E-state index contributed by atoms with van der Waals surface area (Å²) in [6.45, 7) is 9.34. The second kappa shape index (κ2) is 7.66. The Balaban J connectivity index is 1.45. The van der Waals surface area contributed by atoms with Gasteiger partial charge >= 0.3 is 0 Å². The molecule has 0 saturated carbocycles. The molecule has 0 unspecified atom stereocenters. The van der Waals surface area contributed by atoms with Crippen LogP contribution in [-0.4, -0.2) is 40.5 Å². The summed E-state index contributed by atoms with van der Waals surface area (Å²) in [7, 11) is 0.